The molecular formula is C23H23FN2O2S. The van der Waals surface area contributed by atoms with Crippen LogP contribution in [0.25, 0.3) is 6.08 Å². The first-order chi connectivity index (χ1) is 14.0. The molecular weight excluding hydrogens is 387 g/mol. The lowest BCUT2D eigenvalue weighted by molar-refractivity contribution is -0.112. The van der Waals surface area contributed by atoms with Crippen molar-refractivity contribution in [1.29, 1.82) is 0 Å². The third kappa shape index (κ3) is 4.37. The zero-order valence-corrected chi connectivity index (χ0v) is 17.0. The van der Waals surface area contributed by atoms with Crippen LogP contribution in [0.4, 0.5) is 10.1 Å². The van der Waals surface area contributed by atoms with Crippen LogP contribution in [-0.2, 0) is 4.79 Å². The molecule has 2 amide bonds. The van der Waals surface area contributed by atoms with E-state index in [1.165, 1.54) is 24.2 Å². The number of halogens is 1. The van der Waals surface area contributed by atoms with Crippen LogP contribution in [0.5, 0.6) is 0 Å². The van der Waals surface area contributed by atoms with Crippen molar-refractivity contribution < 1.29 is 14.0 Å². The molecule has 0 spiro atoms. The van der Waals surface area contributed by atoms with Crippen molar-refractivity contribution in [3.05, 3.63) is 64.3 Å². The lowest BCUT2D eigenvalue weighted by Gasteiger charge is -2.29. The molecule has 2 aliphatic rings. The van der Waals surface area contributed by atoms with E-state index >= 15 is 0 Å². The van der Waals surface area contributed by atoms with Gasteiger partial charge in [0.25, 0.3) is 11.8 Å². The molecule has 0 bridgehead atoms. The summed E-state index contributed by atoms with van der Waals surface area (Å²) in [5.41, 5.74) is 1.50. The van der Waals surface area contributed by atoms with Gasteiger partial charge in [-0.25, -0.2) is 4.39 Å². The molecule has 29 heavy (non-hydrogen) atoms. The number of fused-ring (bicyclic) bond motifs is 1. The number of carbonyl (C=O) groups is 2. The maximum atomic E-state index is 13.9. The average molecular weight is 411 g/mol. The van der Waals surface area contributed by atoms with Crippen molar-refractivity contribution in [1.82, 2.24) is 5.32 Å². The SMILES string of the molecule is C[C@H]1CCCC[C@@H]1NC(=O)c1ccc2c(c1)NC(=O)/C(=C\c1ccccc1F)S2. The highest BCUT2D eigenvalue weighted by atomic mass is 32.2. The molecule has 0 saturated heterocycles. The van der Waals surface area contributed by atoms with Crippen molar-refractivity contribution >= 4 is 35.3 Å². The fraction of sp³-hybridized carbons (Fsp3) is 0.304. The molecule has 2 aromatic rings. The van der Waals surface area contributed by atoms with Crippen LogP contribution >= 0.6 is 11.8 Å². The Morgan fingerprint density at radius 2 is 2.00 bits per heavy atom. The van der Waals surface area contributed by atoms with Gasteiger partial charge in [0.15, 0.2) is 0 Å². The Bertz CT molecular complexity index is 989. The van der Waals surface area contributed by atoms with E-state index in [0.29, 0.717) is 27.6 Å². The van der Waals surface area contributed by atoms with Gasteiger partial charge in [-0.05, 0) is 49.1 Å². The van der Waals surface area contributed by atoms with E-state index in [1.807, 2.05) is 6.07 Å². The number of thioether (sulfide) groups is 1. The highest BCUT2D eigenvalue weighted by molar-refractivity contribution is 8.04. The molecule has 1 aliphatic heterocycles. The molecule has 150 valence electrons. The molecule has 6 heteroatoms. The third-order valence-electron chi connectivity index (χ3n) is 5.55. The molecule has 1 aliphatic carbocycles. The monoisotopic (exact) mass is 410 g/mol. The van der Waals surface area contributed by atoms with E-state index in [9.17, 15) is 14.0 Å². The quantitative estimate of drug-likeness (QED) is 0.682. The molecule has 2 atom stereocenters. The van der Waals surface area contributed by atoms with Crippen molar-refractivity contribution in [2.75, 3.05) is 5.32 Å². The molecule has 1 saturated carbocycles. The van der Waals surface area contributed by atoms with Gasteiger partial charge in [-0.1, -0.05) is 49.7 Å². The Balaban J connectivity index is 1.52. The van der Waals surface area contributed by atoms with Crippen molar-refractivity contribution in [2.45, 2.75) is 43.5 Å². The third-order valence-corrected chi connectivity index (χ3v) is 6.65. The van der Waals surface area contributed by atoms with Gasteiger partial charge in [-0.2, -0.15) is 0 Å². The van der Waals surface area contributed by atoms with Crippen LogP contribution < -0.4 is 10.6 Å². The van der Waals surface area contributed by atoms with Crippen LogP contribution in [0.2, 0.25) is 0 Å². The first-order valence-corrected chi connectivity index (χ1v) is 10.7. The number of carbonyl (C=O) groups excluding carboxylic acids is 2. The van der Waals surface area contributed by atoms with Crippen LogP contribution in [-0.4, -0.2) is 17.9 Å². The van der Waals surface area contributed by atoms with Gasteiger partial charge >= 0.3 is 0 Å². The van der Waals surface area contributed by atoms with E-state index in [1.54, 1.807) is 36.4 Å². The molecule has 0 radical (unpaired) electrons. The van der Waals surface area contributed by atoms with Crippen molar-refractivity contribution in [2.24, 2.45) is 5.92 Å². The summed E-state index contributed by atoms with van der Waals surface area (Å²) in [6, 6.07) is 11.8. The zero-order valence-electron chi connectivity index (χ0n) is 16.2. The minimum Gasteiger partial charge on any atom is -0.349 e. The van der Waals surface area contributed by atoms with Crippen molar-refractivity contribution in [3.63, 3.8) is 0 Å². The minimum atomic E-state index is -0.372. The number of hydrogen-bond acceptors (Lipinski definition) is 3. The second kappa shape index (κ2) is 8.41. The fourth-order valence-corrected chi connectivity index (χ4v) is 4.74. The highest BCUT2D eigenvalue weighted by Gasteiger charge is 2.25. The van der Waals surface area contributed by atoms with Crippen LogP contribution in [0.3, 0.4) is 0 Å². The maximum absolute atomic E-state index is 13.9. The Labute approximate surface area is 174 Å². The van der Waals surface area contributed by atoms with E-state index in [-0.39, 0.29) is 23.7 Å². The van der Waals surface area contributed by atoms with Gasteiger partial charge in [-0.3, -0.25) is 9.59 Å². The van der Waals surface area contributed by atoms with Gasteiger partial charge in [-0.15, -0.1) is 0 Å². The molecule has 1 heterocycles. The smallest absolute Gasteiger partial charge is 0.262 e. The lowest BCUT2D eigenvalue weighted by Crippen LogP contribution is -2.41. The molecule has 2 aromatic carbocycles. The van der Waals surface area contributed by atoms with Crippen LogP contribution in [0, 0.1) is 11.7 Å². The number of anilines is 1. The van der Waals surface area contributed by atoms with Gasteiger partial charge in [0.2, 0.25) is 0 Å². The molecule has 1 fully saturated rings. The Morgan fingerprint density at radius 3 is 2.79 bits per heavy atom. The Kier molecular flexibility index (Phi) is 5.72. The maximum Gasteiger partial charge on any atom is 0.262 e. The first-order valence-electron chi connectivity index (χ1n) is 9.91. The van der Waals surface area contributed by atoms with Crippen molar-refractivity contribution in [3.8, 4) is 0 Å². The standard InChI is InChI=1S/C23H23FN2O2S/c1-14-6-2-5-9-18(14)25-22(27)16-10-11-20-19(12-16)26-23(28)21(29-20)13-15-7-3-4-8-17(15)24/h3-4,7-8,10-14,18H,2,5-6,9H2,1H3,(H,25,27)(H,26,28)/b21-13+/t14-,18-/m0/s1. The zero-order chi connectivity index (χ0) is 20.4. The van der Waals surface area contributed by atoms with Gasteiger partial charge in [0.1, 0.15) is 5.82 Å². The summed E-state index contributed by atoms with van der Waals surface area (Å²) in [6.45, 7) is 2.18. The predicted octanol–water partition coefficient (Wildman–Crippen LogP) is 5.22. The Hall–Kier alpha value is -2.60. The topological polar surface area (TPSA) is 58.2 Å². The summed E-state index contributed by atoms with van der Waals surface area (Å²) in [4.78, 5) is 26.4. The molecule has 0 unspecified atom stereocenters. The summed E-state index contributed by atoms with van der Waals surface area (Å²) < 4.78 is 13.9. The second-order valence-electron chi connectivity index (χ2n) is 7.64. The van der Waals surface area contributed by atoms with E-state index in [0.717, 1.165) is 24.2 Å². The van der Waals surface area contributed by atoms with Gasteiger partial charge < -0.3 is 10.6 Å². The predicted molar refractivity (Wildman–Crippen MR) is 114 cm³/mol. The number of hydrogen-bond donors (Lipinski definition) is 2. The number of amides is 2. The lowest BCUT2D eigenvalue weighted by atomic mass is 9.86. The summed E-state index contributed by atoms with van der Waals surface area (Å²) >= 11 is 1.28. The first kappa shape index (κ1) is 19.7. The van der Waals surface area contributed by atoms with Gasteiger partial charge in [0, 0.05) is 22.1 Å². The van der Waals surface area contributed by atoms with E-state index in [4.69, 9.17) is 0 Å². The Morgan fingerprint density at radius 1 is 1.21 bits per heavy atom. The van der Waals surface area contributed by atoms with Crippen LogP contribution in [0.1, 0.15) is 48.5 Å². The average Bonchev–Trinajstić information content (AvgIpc) is 2.71. The summed E-state index contributed by atoms with van der Waals surface area (Å²) in [5, 5.41) is 5.97. The summed E-state index contributed by atoms with van der Waals surface area (Å²) in [7, 11) is 0. The minimum absolute atomic E-state index is 0.113. The van der Waals surface area contributed by atoms with Crippen LogP contribution in [0.15, 0.2) is 52.3 Å². The normalized spacial score (nSPS) is 22.7. The summed E-state index contributed by atoms with van der Waals surface area (Å²) in [6.07, 6.45) is 6.05. The van der Waals surface area contributed by atoms with E-state index < -0.39 is 0 Å². The fourth-order valence-electron chi connectivity index (χ4n) is 3.82. The summed E-state index contributed by atoms with van der Waals surface area (Å²) in [5.74, 6) is -0.308. The molecule has 0 aromatic heterocycles. The molecule has 4 nitrogen and oxygen atoms in total. The molecule has 4 rings (SSSR count). The number of rotatable bonds is 3. The largest absolute Gasteiger partial charge is 0.349 e. The van der Waals surface area contributed by atoms with Gasteiger partial charge in [0.05, 0.1) is 10.6 Å². The number of nitrogens with one attached hydrogen (secondary N) is 2. The van der Waals surface area contributed by atoms with E-state index in [2.05, 4.69) is 17.6 Å². The highest BCUT2D eigenvalue weighted by Crippen LogP contribution is 2.39. The second-order valence-corrected chi connectivity index (χ2v) is 8.72. The molecule has 2 N–H and O–H groups in total. The number of benzene rings is 2.